The highest BCUT2D eigenvalue weighted by atomic mass is 16.3. The third-order valence-electron chi connectivity index (χ3n) is 5.07. The first kappa shape index (κ1) is 20.9. The number of nitrogens with two attached hydrogens (primary N) is 1. The van der Waals surface area contributed by atoms with E-state index >= 15 is 0 Å². The van der Waals surface area contributed by atoms with Gasteiger partial charge in [0.25, 0.3) is 5.91 Å². The lowest BCUT2D eigenvalue weighted by atomic mass is 10.1. The summed E-state index contributed by atoms with van der Waals surface area (Å²) in [5, 5.41) is 7.58. The number of carbonyl (C=O) groups is 1. The van der Waals surface area contributed by atoms with E-state index in [1.165, 1.54) is 11.1 Å². The number of nitroso groups, excluding NO2 is 1. The van der Waals surface area contributed by atoms with E-state index in [1.54, 1.807) is 44.4 Å². The van der Waals surface area contributed by atoms with E-state index in [1.807, 2.05) is 30.5 Å². The minimum Gasteiger partial charge on any atom is -0.375 e. The molecule has 9 nitrogen and oxygen atoms in total. The van der Waals surface area contributed by atoms with Gasteiger partial charge in [-0.2, -0.15) is 5.84 Å². The van der Waals surface area contributed by atoms with Crippen LogP contribution in [0.4, 0.5) is 22.9 Å². The first-order valence-corrected chi connectivity index (χ1v) is 10.0. The van der Waals surface area contributed by atoms with Crippen molar-refractivity contribution in [3.8, 4) is 0 Å². The summed E-state index contributed by atoms with van der Waals surface area (Å²) < 4.78 is 0. The number of anilines is 3. The molecule has 0 unspecified atom stereocenters. The molecule has 0 fully saturated rings. The van der Waals surface area contributed by atoms with Gasteiger partial charge in [0.15, 0.2) is 4.87 Å². The predicted octanol–water partition coefficient (Wildman–Crippen LogP) is 3.90. The number of hydrogen-bond acceptors (Lipinski definition) is 5. The lowest BCUT2D eigenvalue weighted by Crippen LogP contribution is -2.21. The van der Waals surface area contributed by atoms with Gasteiger partial charge in [0.1, 0.15) is 17.7 Å². The maximum absolute atomic E-state index is 12.0. The molecular formula is C23H24N7O2+. The van der Waals surface area contributed by atoms with Crippen LogP contribution in [0.1, 0.15) is 15.9 Å². The number of H-pyrrole nitrogens is 1. The van der Waals surface area contributed by atoms with Crippen LogP contribution in [0.25, 0.3) is 10.9 Å². The van der Waals surface area contributed by atoms with Crippen LogP contribution in [0.3, 0.4) is 0 Å². The number of carbonyl (C=O) groups excluding carboxylic acids is 1. The van der Waals surface area contributed by atoms with Gasteiger partial charge in [0.2, 0.25) is 0 Å². The van der Waals surface area contributed by atoms with Gasteiger partial charge in [-0.25, -0.2) is 4.98 Å². The zero-order valence-electron chi connectivity index (χ0n) is 17.8. The smallest absolute Gasteiger partial charge is 0.332 e. The molecule has 32 heavy (non-hydrogen) atoms. The van der Waals surface area contributed by atoms with Crippen LogP contribution in [0.15, 0.2) is 67.0 Å². The molecule has 5 N–H and O–H groups in total. The minimum atomic E-state index is -0.0684. The molecule has 0 aliphatic carbocycles. The molecule has 0 spiro atoms. The molecule has 0 saturated heterocycles. The van der Waals surface area contributed by atoms with Gasteiger partial charge in [-0.05, 0) is 41.3 Å². The molecule has 0 saturated carbocycles. The first-order chi connectivity index (χ1) is 15.4. The number of amides is 1. The number of rotatable bonds is 7. The number of benzene rings is 2. The Morgan fingerprint density at radius 1 is 1.16 bits per heavy atom. The normalized spacial score (nSPS) is 10.7. The number of hydrogen-bond donors (Lipinski definition) is 4. The van der Waals surface area contributed by atoms with Crippen LogP contribution in [0.2, 0.25) is 0 Å². The molecule has 1 amide bonds. The van der Waals surface area contributed by atoms with Gasteiger partial charge < -0.3 is 20.5 Å². The van der Waals surface area contributed by atoms with Crippen LogP contribution in [0, 0.1) is 4.91 Å². The van der Waals surface area contributed by atoms with Gasteiger partial charge in [-0.1, -0.05) is 18.2 Å². The van der Waals surface area contributed by atoms with Crippen LogP contribution in [0.5, 0.6) is 0 Å². The summed E-state index contributed by atoms with van der Waals surface area (Å²) in [5.74, 6) is 5.93. The molecule has 2 aromatic heterocycles. The van der Waals surface area contributed by atoms with Gasteiger partial charge in [-0.3, -0.25) is 4.79 Å². The van der Waals surface area contributed by atoms with Crippen LogP contribution >= 0.6 is 0 Å². The second-order valence-electron chi connectivity index (χ2n) is 7.53. The Balaban J connectivity index is 1.54. The van der Waals surface area contributed by atoms with Crippen molar-refractivity contribution in [2.75, 3.05) is 24.7 Å². The standard InChI is InChI=1S/C23H23N7O2/c1-29(2)23(31)16-6-8-18(9-7-16)28-21-12-19(20(14-27-21)30(24)32)26-13-17-5-3-4-15-10-11-25-22(15)17/h3-12,14,25H,13H2,1-2H3,(H3-,24,26,27,28,31,32)/p+1. The van der Waals surface area contributed by atoms with Crippen molar-refractivity contribution in [2.24, 2.45) is 5.84 Å². The van der Waals surface area contributed by atoms with Crippen molar-refractivity contribution >= 4 is 39.7 Å². The van der Waals surface area contributed by atoms with E-state index in [9.17, 15) is 9.70 Å². The van der Waals surface area contributed by atoms with Crippen molar-refractivity contribution in [1.82, 2.24) is 14.9 Å². The Morgan fingerprint density at radius 3 is 2.66 bits per heavy atom. The van der Waals surface area contributed by atoms with Crippen LogP contribution in [-0.4, -0.2) is 39.7 Å². The SMILES string of the molecule is CN(C)C(=O)c1ccc(Nc2cc(NCc3cccc4cc[nH]c34)c([N+](N)=O)cn2)cc1. The molecule has 2 heterocycles. The topological polar surface area (TPSA) is 119 Å². The lowest BCUT2D eigenvalue weighted by Gasteiger charge is -2.12. The summed E-state index contributed by atoms with van der Waals surface area (Å²) in [6, 6.07) is 16.9. The Labute approximate surface area is 184 Å². The molecular weight excluding hydrogens is 406 g/mol. The fourth-order valence-corrected chi connectivity index (χ4v) is 3.42. The van der Waals surface area contributed by atoms with Gasteiger partial charge in [-0.15, -0.1) is 0 Å². The van der Waals surface area contributed by atoms with E-state index in [0.717, 1.165) is 22.2 Å². The Hall–Kier alpha value is -4.40. The fourth-order valence-electron chi connectivity index (χ4n) is 3.42. The number of aromatic amines is 1. The summed E-state index contributed by atoms with van der Waals surface area (Å²) in [6.45, 7) is 0.490. The van der Waals surface area contributed by atoms with Crippen molar-refractivity contribution < 1.29 is 9.66 Å². The molecule has 0 atom stereocenters. The number of nitrogens with one attached hydrogen (secondary N) is 3. The second kappa shape index (κ2) is 8.76. The van der Waals surface area contributed by atoms with Gasteiger partial charge >= 0.3 is 5.69 Å². The van der Waals surface area contributed by atoms with E-state index < -0.39 is 0 Å². The second-order valence-corrected chi connectivity index (χ2v) is 7.53. The van der Waals surface area contributed by atoms with E-state index in [-0.39, 0.29) is 16.5 Å². The zero-order valence-corrected chi connectivity index (χ0v) is 17.8. The molecule has 9 heteroatoms. The van der Waals surface area contributed by atoms with Crippen LogP contribution in [-0.2, 0) is 6.54 Å². The number of nitrogens with zero attached hydrogens (tertiary/aromatic N) is 3. The van der Waals surface area contributed by atoms with E-state index in [2.05, 4.69) is 20.6 Å². The van der Waals surface area contributed by atoms with Crippen molar-refractivity contribution in [3.05, 3.63) is 83.0 Å². The molecule has 2 aromatic carbocycles. The Morgan fingerprint density at radius 2 is 1.94 bits per heavy atom. The Kier molecular flexibility index (Phi) is 5.71. The molecule has 4 aromatic rings. The summed E-state index contributed by atoms with van der Waals surface area (Å²) in [5.41, 5.74) is 4.21. The molecule has 4 rings (SSSR count). The number of aromatic nitrogens is 2. The van der Waals surface area contributed by atoms with Crippen LogP contribution < -0.4 is 16.5 Å². The van der Waals surface area contributed by atoms with Gasteiger partial charge in [0.05, 0.1) is 10.4 Å². The monoisotopic (exact) mass is 430 g/mol. The van der Waals surface area contributed by atoms with E-state index in [4.69, 9.17) is 5.84 Å². The average molecular weight is 430 g/mol. The molecule has 0 aliphatic heterocycles. The number of hydrazine groups is 1. The third kappa shape index (κ3) is 4.36. The first-order valence-electron chi connectivity index (χ1n) is 10.0. The zero-order chi connectivity index (χ0) is 22.7. The van der Waals surface area contributed by atoms with Crippen molar-refractivity contribution in [2.45, 2.75) is 6.54 Å². The predicted molar refractivity (Wildman–Crippen MR) is 125 cm³/mol. The Bertz CT molecular complexity index is 1280. The highest BCUT2D eigenvalue weighted by Crippen LogP contribution is 2.28. The lowest BCUT2D eigenvalue weighted by molar-refractivity contribution is -0.474. The molecule has 0 aliphatic rings. The summed E-state index contributed by atoms with van der Waals surface area (Å²) in [4.78, 5) is 33.2. The number of para-hydroxylation sites is 1. The van der Waals surface area contributed by atoms with Crippen molar-refractivity contribution in [3.63, 3.8) is 0 Å². The summed E-state index contributed by atoms with van der Waals surface area (Å²) in [7, 11) is 3.42. The number of pyridine rings is 1. The summed E-state index contributed by atoms with van der Waals surface area (Å²) in [6.07, 6.45) is 3.31. The maximum atomic E-state index is 12.0. The van der Waals surface area contributed by atoms with E-state index in [0.29, 0.717) is 23.6 Å². The molecule has 162 valence electrons. The quantitative estimate of drug-likeness (QED) is 0.201. The third-order valence-corrected chi connectivity index (χ3v) is 5.07. The molecule has 0 radical (unpaired) electrons. The van der Waals surface area contributed by atoms with Gasteiger partial charge in [0, 0.05) is 44.2 Å². The fraction of sp³-hybridized carbons (Fsp3) is 0.130. The number of fused-ring (bicyclic) bond motifs is 1. The highest BCUT2D eigenvalue weighted by Gasteiger charge is 2.18. The van der Waals surface area contributed by atoms with Crippen molar-refractivity contribution in [1.29, 1.82) is 0 Å². The summed E-state index contributed by atoms with van der Waals surface area (Å²) >= 11 is 0. The minimum absolute atomic E-state index is 0.0684. The largest absolute Gasteiger partial charge is 0.375 e. The average Bonchev–Trinajstić information content (AvgIpc) is 3.27. The highest BCUT2D eigenvalue weighted by molar-refractivity contribution is 5.94. The maximum Gasteiger partial charge on any atom is 0.332 e. The molecule has 0 bridgehead atoms.